The van der Waals surface area contributed by atoms with Crippen molar-refractivity contribution in [1.29, 1.82) is 0 Å². The molecule has 19 heavy (non-hydrogen) atoms. The molecule has 2 saturated carbocycles. The molecule has 2 aliphatic carbocycles. The average molecular weight is 268 g/mol. The summed E-state index contributed by atoms with van der Waals surface area (Å²) in [6.45, 7) is 2.61. The van der Waals surface area contributed by atoms with E-state index < -0.39 is 5.60 Å². The number of carbonyl (C=O) groups excluding carboxylic acids is 1. The number of aliphatic hydroxyl groups is 1. The van der Waals surface area contributed by atoms with Gasteiger partial charge in [-0.1, -0.05) is 26.2 Å². The Balaban J connectivity index is 1.67. The summed E-state index contributed by atoms with van der Waals surface area (Å²) >= 11 is 0. The zero-order valence-corrected chi connectivity index (χ0v) is 12.1. The Morgan fingerprint density at radius 3 is 2.42 bits per heavy atom. The fourth-order valence-electron chi connectivity index (χ4n) is 3.20. The van der Waals surface area contributed by atoms with Crippen molar-refractivity contribution in [1.82, 2.24) is 10.6 Å². The molecule has 0 unspecified atom stereocenters. The van der Waals surface area contributed by atoms with Crippen LogP contribution in [0.25, 0.3) is 0 Å². The van der Waals surface area contributed by atoms with E-state index in [9.17, 15) is 9.90 Å². The first-order valence-electron chi connectivity index (χ1n) is 7.84. The van der Waals surface area contributed by atoms with Gasteiger partial charge >= 0.3 is 6.03 Å². The molecule has 0 atom stereocenters. The average Bonchev–Trinajstić information content (AvgIpc) is 2.42. The fraction of sp³-hybridized carbons (Fsp3) is 0.933. The minimum Gasteiger partial charge on any atom is -0.388 e. The fourth-order valence-corrected chi connectivity index (χ4v) is 3.20. The Morgan fingerprint density at radius 2 is 1.79 bits per heavy atom. The van der Waals surface area contributed by atoms with Crippen molar-refractivity contribution in [2.45, 2.75) is 76.4 Å². The van der Waals surface area contributed by atoms with Crippen molar-refractivity contribution >= 4 is 6.03 Å². The molecule has 2 aliphatic rings. The first-order chi connectivity index (χ1) is 9.07. The number of hydrogen-bond donors (Lipinski definition) is 3. The number of rotatable bonds is 3. The van der Waals surface area contributed by atoms with Gasteiger partial charge in [-0.2, -0.15) is 0 Å². The maximum absolute atomic E-state index is 11.8. The van der Waals surface area contributed by atoms with Crippen molar-refractivity contribution in [2.75, 3.05) is 6.54 Å². The SMILES string of the molecule is CC1CCC(O)(CNC(=O)NC2CCCCC2)CC1. The van der Waals surface area contributed by atoms with Gasteiger partial charge in [0.2, 0.25) is 0 Å². The van der Waals surface area contributed by atoms with Gasteiger partial charge in [-0.3, -0.25) is 0 Å². The zero-order chi connectivity index (χ0) is 13.7. The molecule has 0 aromatic heterocycles. The van der Waals surface area contributed by atoms with Crippen LogP contribution in [0, 0.1) is 5.92 Å². The predicted octanol–water partition coefficient (Wildman–Crippen LogP) is 2.56. The third kappa shape index (κ3) is 4.68. The molecular formula is C15H28N2O2. The first kappa shape index (κ1) is 14.6. The molecule has 2 rings (SSSR count). The number of carbonyl (C=O) groups is 1. The number of amides is 2. The highest BCUT2D eigenvalue weighted by atomic mass is 16.3. The monoisotopic (exact) mass is 268 g/mol. The lowest BCUT2D eigenvalue weighted by atomic mass is 9.79. The van der Waals surface area contributed by atoms with Crippen molar-refractivity contribution in [3.8, 4) is 0 Å². The lowest BCUT2D eigenvalue weighted by molar-refractivity contribution is -0.00396. The number of hydrogen-bond acceptors (Lipinski definition) is 2. The van der Waals surface area contributed by atoms with E-state index in [2.05, 4.69) is 17.6 Å². The summed E-state index contributed by atoms with van der Waals surface area (Å²) in [4.78, 5) is 11.8. The molecule has 2 fully saturated rings. The summed E-state index contributed by atoms with van der Waals surface area (Å²) in [5.74, 6) is 0.705. The summed E-state index contributed by atoms with van der Waals surface area (Å²) in [6.07, 6.45) is 9.63. The lowest BCUT2D eigenvalue weighted by Crippen LogP contribution is -2.50. The van der Waals surface area contributed by atoms with Gasteiger partial charge < -0.3 is 15.7 Å². The highest BCUT2D eigenvalue weighted by molar-refractivity contribution is 5.74. The molecule has 0 heterocycles. The second-order valence-corrected chi connectivity index (χ2v) is 6.57. The Morgan fingerprint density at radius 1 is 1.16 bits per heavy atom. The van der Waals surface area contributed by atoms with Crippen molar-refractivity contribution in [2.24, 2.45) is 5.92 Å². The first-order valence-corrected chi connectivity index (χ1v) is 7.84. The standard InChI is InChI=1S/C15H28N2O2/c1-12-7-9-15(19,10-8-12)11-16-14(18)17-13-5-3-2-4-6-13/h12-13,19H,2-11H2,1H3,(H2,16,17,18). The van der Waals surface area contributed by atoms with Crippen LogP contribution in [0.5, 0.6) is 0 Å². The summed E-state index contributed by atoms with van der Waals surface area (Å²) in [6, 6.07) is 0.216. The molecule has 0 bridgehead atoms. The quantitative estimate of drug-likeness (QED) is 0.736. The summed E-state index contributed by atoms with van der Waals surface area (Å²) < 4.78 is 0. The highest BCUT2D eigenvalue weighted by Gasteiger charge is 2.32. The Bertz CT molecular complexity index is 293. The van der Waals surface area contributed by atoms with E-state index in [0.29, 0.717) is 18.5 Å². The summed E-state index contributed by atoms with van der Waals surface area (Å²) in [5.41, 5.74) is -0.684. The lowest BCUT2D eigenvalue weighted by Gasteiger charge is -2.35. The van der Waals surface area contributed by atoms with Gasteiger partial charge in [0.05, 0.1) is 5.60 Å². The van der Waals surface area contributed by atoms with Crippen molar-refractivity contribution < 1.29 is 9.90 Å². The minimum atomic E-state index is -0.684. The molecule has 0 spiro atoms. The third-order valence-corrected chi connectivity index (χ3v) is 4.72. The van der Waals surface area contributed by atoms with Gasteiger partial charge in [0, 0.05) is 12.6 Å². The van der Waals surface area contributed by atoms with Gasteiger partial charge in [-0.15, -0.1) is 0 Å². The second-order valence-electron chi connectivity index (χ2n) is 6.57. The van der Waals surface area contributed by atoms with E-state index in [1.54, 1.807) is 0 Å². The van der Waals surface area contributed by atoms with Crippen LogP contribution in [0.2, 0.25) is 0 Å². The van der Waals surface area contributed by atoms with Gasteiger partial charge in [0.25, 0.3) is 0 Å². The van der Waals surface area contributed by atoms with Crippen LogP contribution in [-0.2, 0) is 0 Å². The Kier molecular flexibility index (Phi) is 5.08. The van der Waals surface area contributed by atoms with Crippen LogP contribution in [-0.4, -0.2) is 29.3 Å². The highest BCUT2D eigenvalue weighted by Crippen LogP contribution is 2.31. The number of urea groups is 1. The molecule has 2 amide bonds. The maximum atomic E-state index is 11.8. The van der Waals surface area contributed by atoms with E-state index in [4.69, 9.17) is 0 Å². The Hall–Kier alpha value is -0.770. The van der Waals surface area contributed by atoms with Crippen LogP contribution in [0.4, 0.5) is 4.79 Å². The summed E-state index contributed by atoms with van der Waals surface area (Å²) in [7, 11) is 0. The molecule has 110 valence electrons. The predicted molar refractivity (Wildman–Crippen MR) is 76.0 cm³/mol. The van der Waals surface area contributed by atoms with E-state index in [-0.39, 0.29) is 6.03 Å². The Labute approximate surface area is 116 Å². The molecule has 4 nitrogen and oxygen atoms in total. The molecule has 0 aromatic rings. The van der Waals surface area contributed by atoms with Crippen molar-refractivity contribution in [3.63, 3.8) is 0 Å². The third-order valence-electron chi connectivity index (χ3n) is 4.72. The minimum absolute atomic E-state index is 0.112. The van der Waals surface area contributed by atoms with Gasteiger partial charge in [0.15, 0.2) is 0 Å². The molecule has 3 N–H and O–H groups in total. The molecule has 0 aliphatic heterocycles. The van der Waals surface area contributed by atoms with Gasteiger partial charge in [-0.05, 0) is 44.4 Å². The van der Waals surface area contributed by atoms with E-state index in [1.165, 1.54) is 19.3 Å². The molecular weight excluding hydrogens is 240 g/mol. The van der Waals surface area contributed by atoms with Gasteiger partial charge in [-0.25, -0.2) is 4.79 Å². The van der Waals surface area contributed by atoms with Crippen molar-refractivity contribution in [3.05, 3.63) is 0 Å². The molecule has 0 radical (unpaired) electrons. The summed E-state index contributed by atoms with van der Waals surface area (Å²) in [5, 5.41) is 16.3. The van der Waals surface area contributed by atoms with Crippen LogP contribution >= 0.6 is 0 Å². The van der Waals surface area contributed by atoms with E-state index in [1.807, 2.05) is 0 Å². The topological polar surface area (TPSA) is 61.4 Å². The molecule has 0 aromatic carbocycles. The van der Waals surface area contributed by atoms with Crippen LogP contribution in [0.15, 0.2) is 0 Å². The van der Waals surface area contributed by atoms with Crippen LogP contribution < -0.4 is 10.6 Å². The molecule has 0 saturated heterocycles. The van der Waals surface area contributed by atoms with Gasteiger partial charge in [0.1, 0.15) is 0 Å². The number of nitrogens with one attached hydrogen (secondary N) is 2. The second kappa shape index (κ2) is 6.60. The van der Waals surface area contributed by atoms with Crippen LogP contribution in [0.1, 0.15) is 64.7 Å². The smallest absolute Gasteiger partial charge is 0.315 e. The van der Waals surface area contributed by atoms with E-state index >= 15 is 0 Å². The zero-order valence-electron chi connectivity index (χ0n) is 12.1. The van der Waals surface area contributed by atoms with E-state index in [0.717, 1.165) is 38.5 Å². The van der Waals surface area contributed by atoms with Crippen LogP contribution in [0.3, 0.4) is 0 Å². The largest absolute Gasteiger partial charge is 0.388 e. The normalized spacial score (nSPS) is 32.8. The maximum Gasteiger partial charge on any atom is 0.315 e. The molecule has 4 heteroatoms.